The third kappa shape index (κ3) is 2.89. The first kappa shape index (κ1) is 13.6. The lowest BCUT2D eigenvalue weighted by atomic mass is 9.96. The van der Waals surface area contributed by atoms with Gasteiger partial charge in [0.15, 0.2) is 0 Å². The zero-order valence-electron chi connectivity index (χ0n) is 11.3. The first-order chi connectivity index (χ1) is 9.92. The Kier molecular flexibility index (Phi) is 3.17. The molecule has 0 aliphatic carbocycles. The maximum absolute atomic E-state index is 12.1. The molecule has 0 saturated carbocycles. The summed E-state index contributed by atoms with van der Waals surface area (Å²) in [6.07, 6.45) is 4.85. The molecule has 1 aliphatic heterocycles. The standard InChI is InChI=1S/C13H14N4O3S/c1-21(19,20)17-8-2-3-11-9(6-8)10(13(18)16-11)7-12-14-4-5-15-12/h2-6,10,17H,7H2,1H3,(H,14,15)(H,16,18). The fourth-order valence-electron chi connectivity index (χ4n) is 2.41. The summed E-state index contributed by atoms with van der Waals surface area (Å²) in [4.78, 5) is 19.2. The molecule has 0 saturated heterocycles. The number of rotatable bonds is 4. The van der Waals surface area contributed by atoms with E-state index < -0.39 is 10.0 Å². The van der Waals surface area contributed by atoms with Crippen LogP contribution in [0.2, 0.25) is 0 Å². The van der Waals surface area contributed by atoms with Gasteiger partial charge in [0.2, 0.25) is 15.9 Å². The first-order valence-electron chi connectivity index (χ1n) is 6.33. The molecule has 1 aliphatic rings. The average molecular weight is 306 g/mol. The zero-order chi connectivity index (χ0) is 15.0. The normalized spacial score (nSPS) is 17.4. The second kappa shape index (κ2) is 4.88. The number of carbonyl (C=O) groups excluding carboxylic acids is 1. The zero-order valence-corrected chi connectivity index (χ0v) is 12.1. The number of carbonyl (C=O) groups is 1. The van der Waals surface area contributed by atoms with Gasteiger partial charge in [-0.3, -0.25) is 9.52 Å². The van der Waals surface area contributed by atoms with Crippen molar-refractivity contribution in [1.82, 2.24) is 9.97 Å². The van der Waals surface area contributed by atoms with Gasteiger partial charge in [-0.25, -0.2) is 13.4 Å². The quantitative estimate of drug-likeness (QED) is 0.785. The number of nitrogens with zero attached hydrogens (tertiary/aromatic N) is 1. The Morgan fingerprint density at radius 1 is 1.38 bits per heavy atom. The number of amides is 1. The molecule has 0 bridgehead atoms. The van der Waals surface area contributed by atoms with Gasteiger partial charge in [0.05, 0.1) is 12.2 Å². The van der Waals surface area contributed by atoms with Gasteiger partial charge in [0.25, 0.3) is 0 Å². The summed E-state index contributed by atoms with van der Waals surface area (Å²) in [6, 6.07) is 5.00. The monoisotopic (exact) mass is 306 g/mol. The van der Waals surface area contributed by atoms with E-state index in [-0.39, 0.29) is 11.8 Å². The summed E-state index contributed by atoms with van der Waals surface area (Å²) in [7, 11) is -3.35. The first-order valence-corrected chi connectivity index (χ1v) is 8.22. The maximum atomic E-state index is 12.1. The Hall–Kier alpha value is -2.35. The molecule has 0 spiro atoms. The summed E-state index contributed by atoms with van der Waals surface area (Å²) in [5.41, 5.74) is 1.91. The number of hydrogen-bond acceptors (Lipinski definition) is 4. The highest BCUT2D eigenvalue weighted by molar-refractivity contribution is 7.92. The third-order valence-corrected chi connectivity index (χ3v) is 3.86. The lowest BCUT2D eigenvalue weighted by molar-refractivity contribution is -0.117. The minimum Gasteiger partial charge on any atom is -0.349 e. The molecule has 2 heterocycles. The second-order valence-electron chi connectivity index (χ2n) is 4.96. The van der Waals surface area contributed by atoms with Gasteiger partial charge in [-0.15, -0.1) is 0 Å². The molecule has 3 N–H and O–H groups in total. The minimum atomic E-state index is -3.35. The number of anilines is 2. The van der Waals surface area contributed by atoms with Crippen molar-refractivity contribution in [2.24, 2.45) is 0 Å². The van der Waals surface area contributed by atoms with Gasteiger partial charge in [-0.05, 0) is 23.8 Å². The molecule has 21 heavy (non-hydrogen) atoms. The summed E-state index contributed by atoms with van der Waals surface area (Å²) in [5.74, 6) is 0.217. The number of H-pyrrole nitrogens is 1. The smallest absolute Gasteiger partial charge is 0.232 e. The van der Waals surface area contributed by atoms with E-state index in [1.807, 2.05) is 0 Å². The van der Waals surface area contributed by atoms with Crippen LogP contribution in [0.5, 0.6) is 0 Å². The highest BCUT2D eigenvalue weighted by Gasteiger charge is 2.31. The topological polar surface area (TPSA) is 104 Å². The van der Waals surface area contributed by atoms with E-state index in [4.69, 9.17) is 0 Å². The van der Waals surface area contributed by atoms with Crippen molar-refractivity contribution >= 4 is 27.3 Å². The van der Waals surface area contributed by atoms with Crippen LogP contribution in [-0.2, 0) is 21.2 Å². The predicted molar refractivity (Wildman–Crippen MR) is 78.6 cm³/mol. The number of fused-ring (bicyclic) bond motifs is 1. The van der Waals surface area contributed by atoms with Crippen LogP contribution in [0.25, 0.3) is 0 Å². The van der Waals surface area contributed by atoms with Crippen LogP contribution in [-0.4, -0.2) is 30.5 Å². The Balaban J connectivity index is 1.92. The number of aromatic nitrogens is 2. The Morgan fingerprint density at radius 3 is 2.86 bits per heavy atom. The molecule has 7 nitrogen and oxygen atoms in total. The highest BCUT2D eigenvalue weighted by atomic mass is 32.2. The summed E-state index contributed by atoms with van der Waals surface area (Å²) in [5, 5.41) is 2.79. The van der Waals surface area contributed by atoms with Crippen LogP contribution >= 0.6 is 0 Å². The summed E-state index contributed by atoms with van der Waals surface area (Å²) >= 11 is 0. The van der Waals surface area contributed by atoms with Gasteiger partial charge in [0, 0.05) is 30.2 Å². The molecule has 1 amide bonds. The molecule has 0 radical (unpaired) electrons. The van der Waals surface area contributed by atoms with E-state index >= 15 is 0 Å². The van der Waals surface area contributed by atoms with Crippen LogP contribution in [0.4, 0.5) is 11.4 Å². The van der Waals surface area contributed by atoms with Gasteiger partial charge in [0.1, 0.15) is 5.82 Å². The molecule has 110 valence electrons. The van der Waals surface area contributed by atoms with Crippen LogP contribution in [0.3, 0.4) is 0 Å². The molecular weight excluding hydrogens is 292 g/mol. The third-order valence-electron chi connectivity index (χ3n) is 3.26. The molecular formula is C13H14N4O3S. The van der Waals surface area contributed by atoms with Crippen molar-refractivity contribution in [2.75, 3.05) is 16.3 Å². The van der Waals surface area contributed by atoms with Crippen LogP contribution < -0.4 is 10.0 Å². The van der Waals surface area contributed by atoms with Gasteiger partial charge >= 0.3 is 0 Å². The van der Waals surface area contributed by atoms with E-state index in [1.54, 1.807) is 30.6 Å². The fourth-order valence-corrected chi connectivity index (χ4v) is 2.96. The maximum Gasteiger partial charge on any atom is 0.232 e. The van der Waals surface area contributed by atoms with Gasteiger partial charge < -0.3 is 10.3 Å². The summed E-state index contributed by atoms with van der Waals surface area (Å²) < 4.78 is 25.0. The van der Waals surface area contributed by atoms with E-state index in [0.29, 0.717) is 23.6 Å². The highest BCUT2D eigenvalue weighted by Crippen LogP contribution is 2.36. The molecule has 8 heteroatoms. The predicted octanol–water partition coefficient (Wildman–Crippen LogP) is 1.06. The number of imidazole rings is 1. The minimum absolute atomic E-state index is 0.113. The molecule has 0 fully saturated rings. The van der Waals surface area contributed by atoms with Crippen molar-refractivity contribution in [2.45, 2.75) is 12.3 Å². The fraction of sp³-hybridized carbons (Fsp3) is 0.231. The second-order valence-corrected chi connectivity index (χ2v) is 6.71. The molecule has 1 aromatic carbocycles. The number of hydrogen-bond donors (Lipinski definition) is 3. The van der Waals surface area contributed by atoms with E-state index in [9.17, 15) is 13.2 Å². The number of aromatic amines is 1. The molecule has 3 rings (SSSR count). The van der Waals surface area contributed by atoms with Crippen molar-refractivity contribution in [3.63, 3.8) is 0 Å². The van der Waals surface area contributed by atoms with E-state index in [1.165, 1.54) is 0 Å². The number of benzene rings is 1. The number of nitrogens with one attached hydrogen (secondary N) is 3. The van der Waals surface area contributed by atoms with E-state index in [2.05, 4.69) is 20.0 Å². The Morgan fingerprint density at radius 2 is 2.19 bits per heavy atom. The number of sulfonamides is 1. The van der Waals surface area contributed by atoms with Crippen molar-refractivity contribution in [1.29, 1.82) is 0 Å². The van der Waals surface area contributed by atoms with Crippen LogP contribution in [0.1, 0.15) is 17.3 Å². The lowest BCUT2D eigenvalue weighted by Gasteiger charge is -2.09. The van der Waals surface area contributed by atoms with Gasteiger partial charge in [-0.1, -0.05) is 0 Å². The largest absolute Gasteiger partial charge is 0.349 e. The van der Waals surface area contributed by atoms with Gasteiger partial charge in [-0.2, -0.15) is 0 Å². The van der Waals surface area contributed by atoms with Crippen molar-refractivity contribution in [3.05, 3.63) is 42.0 Å². The molecule has 1 unspecified atom stereocenters. The molecule has 1 aromatic heterocycles. The average Bonchev–Trinajstić information content (AvgIpc) is 2.98. The Labute approximate surface area is 121 Å². The summed E-state index contributed by atoms with van der Waals surface area (Å²) in [6.45, 7) is 0. The Bertz CT molecular complexity index is 784. The van der Waals surface area contributed by atoms with Crippen molar-refractivity contribution < 1.29 is 13.2 Å². The van der Waals surface area contributed by atoms with E-state index in [0.717, 1.165) is 11.8 Å². The lowest BCUT2D eigenvalue weighted by Crippen LogP contribution is -2.15. The molecule has 2 aromatic rings. The molecule has 1 atom stereocenters. The van der Waals surface area contributed by atoms with Crippen molar-refractivity contribution in [3.8, 4) is 0 Å². The van der Waals surface area contributed by atoms with Crippen LogP contribution in [0, 0.1) is 0 Å². The van der Waals surface area contributed by atoms with Crippen LogP contribution in [0.15, 0.2) is 30.6 Å². The SMILES string of the molecule is CS(=O)(=O)Nc1ccc2c(c1)C(Cc1ncc[nH]1)C(=O)N2.